The van der Waals surface area contributed by atoms with E-state index >= 15 is 0 Å². The quantitative estimate of drug-likeness (QED) is 0.420. The van der Waals surface area contributed by atoms with Crippen LogP contribution >= 0.6 is 0 Å². The maximum Gasteiger partial charge on any atom is 0.0319 e. The monoisotopic (exact) mass is 367 g/mol. The van der Waals surface area contributed by atoms with Crippen LogP contribution < -0.4 is 5.73 Å². The Hall–Kier alpha value is -2.80. The molecule has 0 saturated heterocycles. The Kier molecular flexibility index (Phi) is 5.09. The third-order valence-corrected chi connectivity index (χ3v) is 6.16. The number of benzene rings is 3. The summed E-state index contributed by atoms with van der Waals surface area (Å²) in [6.45, 7) is 6.67. The molecule has 28 heavy (non-hydrogen) atoms. The fraction of sp³-hybridized carbons (Fsp3) is 0.259. The zero-order chi connectivity index (χ0) is 19.7. The predicted octanol–water partition coefficient (Wildman–Crippen LogP) is 6.25. The van der Waals surface area contributed by atoms with Gasteiger partial charge in [0.25, 0.3) is 0 Å². The molecule has 0 unspecified atom stereocenters. The summed E-state index contributed by atoms with van der Waals surface area (Å²) in [4.78, 5) is 0. The minimum absolute atomic E-state index is 0.901. The van der Waals surface area contributed by atoms with Crippen molar-refractivity contribution in [1.29, 1.82) is 0 Å². The normalized spacial score (nSPS) is 13.7. The first-order valence-corrected chi connectivity index (χ1v) is 10.2. The summed E-state index contributed by atoms with van der Waals surface area (Å²) in [7, 11) is 0. The van der Waals surface area contributed by atoms with Gasteiger partial charge in [-0.15, -0.1) is 0 Å². The van der Waals surface area contributed by atoms with Crippen LogP contribution in [0.1, 0.15) is 50.1 Å². The summed E-state index contributed by atoms with van der Waals surface area (Å²) in [6, 6.07) is 17.8. The number of fused-ring (bicyclic) bond motifs is 4. The summed E-state index contributed by atoms with van der Waals surface area (Å²) >= 11 is 0. The minimum Gasteiger partial charge on any atom is -0.399 e. The second-order valence-corrected chi connectivity index (χ2v) is 8.17. The van der Waals surface area contributed by atoms with Crippen LogP contribution in [-0.4, -0.2) is 0 Å². The van der Waals surface area contributed by atoms with E-state index in [4.69, 9.17) is 5.73 Å². The van der Waals surface area contributed by atoms with Crippen molar-refractivity contribution in [1.82, 2.24) is 0 Å². The zero-order valence-electron chi connectivity index (χ0n) is 17.2. The van der Waals surface area contributed by atoms with Crippen LogP contribution in [0.2, 0.25) is 0 Å². The summed E-state index contributed by atoms with van der Waals surface area (Å²) in [6.07, 6.45) is 8.70. The number of hydrogen-bond acceptors (Lipinski definition) is 1. The van der Waals surface area contributed by atoms with Crippen molar-refractivity contribution in [3.05, 3.63) is 98.6 Å². The van der Waals surface area contributed by atoms with Gasteiger partial charge in [-0.2, -0.15) is 0 Å². The Morgan fingerprint density at radius 2 is 1.04 bits per heavy atom. The molecule has 1 aliphatic rings. The lowest BCUT2D eigenvalue weighted by molar-refractivity contribution is 0.875. The van der Waals surface area contributed by atoms with Gasteiger partial charge in [0, 0.05) is 5.69 Å². The zero-order valence-corrected chi connectivity index (χ0v) is 17.2. The van der Waals surface area contributed by atoms with Gasteiger partial charge in [-0.05, 0) is 103 Å². The number of anilines is 1. The van der Waals surface area contributed by atoms with Crippen molar-refractivity contribution in [2.45, 2.75) is 46.5 Å². The highest BCUT2D eigenvalue weighted by Crippen LogP contribution is 2.27. The molecule has 0 radical (unpaired) electrons. The van der Waals surface area contributed by atoms with Crippen molar-refractivity contribution in [3.63, 3.8) is 0 Å². The highest BCUT2D eigenvalue weighted by atomic mass is 14.5. The number of rotatable bonds is 2. The van der Waals surface area contributed by atoms with Crippen LogP contribution in [0, 0.1) is 20.8 Å². The topological polar surface area (TPSA) is 26.0 Å². The second kappa shape index (κ2) is 7.67. The van der Waals surface area contributed by atoms with Crippen molar-refractivity contribution < 1.29 is 0 Å². The van der Waals surface area contributed by atoms with Gasteiger partial charge in [0.2, 0.25) is 0 Å². The Morgan fingerprint density at radius 1 is 0.607 bits per heavy atom. The van der Waals surface area contributed by atoms with Gasteiger partial charge in [0.05, 0.1) is 0 Å². The van der Waals surface area contributed by atoms with Crippen molar-refractivity contribution in [3.8, 4) is 0 Å². The van der Waals surface area contributed by atoms with Gasteiger partial charge >= 0.3 is 0 Å². The summed E-state index contributed by atoms with van der Waals surface area (Å²) in [5.41, 5.74) is 19.5. The third kappa shape index (κ3) is 3.89. The molecule has 4 rings (SSSR count). The van der Waals surface area contributed by atoms with E-state index < -0.39 is 0 Å². The van der Waals surface area contributed by atoms with Crippen LogP contribution in [-0.2, 0) is 25.7 Å². The van der Waals surface area contributed by atoms with Crippen molar-refractivity contribution in [2.24, 2.45) is 0 Å². The van der Waals surface area contributed by atoms with E-state index in [1.54, 1.807) is 0 Å². The Bertz CT molecular complexity index is 988. The van der Waals surface area contributed by atoms with Gasteiger partial charge in [0.1, 0.15) is 0 Å². The smallest absolute Gasteiger partial charge is 0.0319 e. The van der Waals surface area contributed by atoms with Crippen molar-refractivity contribution >= 4 is 17.8 Å². The molecular weight excluding hydrogens is 338 g/mol. The SMILES string of the molecule is Cc1ccc(/C=C\c2cc3c(C)c(c2)CCc2cc(N)cc(c2C)CC3)cc1. The largest absolute Gasteiger partial charge is 0.399 e. The molecule has 3 aromatic carbocycles. The Morgan fingerprint density at radius 3 is 1.54 bits per heavy atom. The second-order valence-electron chi connectivity index (χ2n) is 8.17. The molecule has 2 N–H and O–H groups in total. The summed E-state index contributed by atoms with van der Waals surface area (Å²) in [5.74, 6) is 0. The average molecular weight is 368 g/mol. The number of nitrogen functional groups attached to an aromatic ring is 1. The first kappa shape index (κ1) is 18.6. The standard InChI is InChI=1S/C27H29N/c1-18-4-6-21(7-5-18)8-9-22-14-23-10-12-25-16-27(28)17-26(20(25)3)13-11-24(15-22)19(23)2/h4-9,14-17H,10-13,28H2,1-3H3/b9-8-. The molecule has 1 heteroatoms. The molecule has 0 aromatic heterocycles. The maximum absolute atomic E-state index is 6.17. The van der Waals surface area contributed by atoms with E-state index in [2.05, 4.69) is 81.5 Å². The lowest BCUT2D eigenvalue weighted by atomic mass is 9.86. The number of hydrogen-bond donors (Lipinski definition) is 1. The molecule has 0 spiro atoms. The van der Waals surface area contributed by atoms with Gasteiger partial charge < -0.3 is 5.73 Å². The van der Waals surface area contributed by atoms with Gasteiger partial charge in [-0.1, -0.05) is 54.1 Å². The molecular formula is C27H29N. The van der Waals surface area contributed by atoms with Crippen LogP contribution in [0.15, 0.2) is 48.5 Å². The molecule has 1 aliphatic carbocycles. The molecule has 4 bridgehead atoms. The first-order valence-electron chi connectivity index (χ1n) is 10.2. The van der Waals surface area contributed by atoms with Crippen LogP contribution in [0.4, 0.5) is 5.69 Å². The van der Waals surface area contributed by atoms with Crippen LogP contribution in [0.5, 0.6) is 0 Å². The van der Waals surface area contributed by atoms with Gasteiger partial charge in [0.15, 0.2) is 0 Å². The highest BCUT2D eigenvalue weighted by molar-refractivity contribution is 5.71. The van der Waals surface area contributed by atoms with E-state index in [0.717, 1.165) is 31.4 Å². The molecule has 0 atom stereocenters. The van der Waals surface area contributed by atoms with Gasteiger partial charge in [-0.25, -0.2) is 0 Å². The lowest BCUT2D eigenvalue weighted by Gasteiger charge is -2.19. The van der Waals surface area contributed by atoms with Crippen LogP contribution in [0.3, 0.4) is 0 Å². The molecule has 1 nitrogen and oxygen atoms in total. The van der Waals surface area contributed by atoms with E-state index in [1.807, 2.05) is 0 Å². The maximum atomic E-state index is 6.17. The highest BCUT2D eigenvalue weighted by Gasteiger charge is 2.13. The van der Waals surface area contributed by atoms with Crippen LogP contribution in [0.25, 0.3) is 12.2 Å². The van der Waals surface area contributed by atoms with E-state index in [-0.39, 0.29) is 0 Å². The molecule has 0 amide bonds. The molecule has 0 saturated carbocycles. The van der Waals surface area contributed by atoms with E-state index in [0.29, 0.717) is 0 Å². The van der Waals surface area contributed by atoms with E-state index in [1.165, 1.54) is 50.1 Å². The number of aryl methyl sites for hydroxylation is 5. The number of nitrogens with two attached hydrogens (primary N) is 1. The van der Waals surface area contributed by atoms with Gasteiger partial charge in [-0.3, -0.25) is 0 Å². The Labute approximate surface area is 168 Å². The third-order valence-electron chi connectivity index (χ3n) is 6.16. The first-order chi connectivity index (χ1) is 13.5. The summed E-state index contributed by atoms with van der Waals surface area (Å²) in [5, 5.41) is 0. The lowest BCUT2D eigenvalue weighted by Crippen LogP contribution is -2.07. The molecule has 0 fully saturated rings. The Balaban J connectivity index is 1.68. The van der Waals surface area contributed by atoms with Crippen molar-refractivity contribution in [2.75, 3.05) is 5.73 Å². The predicted molar refractivity (Wildman–Crippen MR) is 122 cm³/mol. The molecule has 142 valence electrons. The summed E-state index contributed by atoms with van der Waals surface area (Å²) < 4.78 is 0. The molecule has 0 heterocycles. The average Bonchev–Trinajstić information content (AvgIpc) is 2.68. The fourth-order valence-electron chi connectivity index (χ4n) is 4.28. The fourth-order valence-corrected chi connectivity index (χ4v) is 4.28. The van der Waals surface area contributed by atoms with E-state index in [9.17, 15) is 0 Å². The molecule has 0 aliphatic heterocycles. The molecule has 3 aromatic rings. The minimum atomic E-state index is 0.901.